The van der Waals surface area contributed by atoms with Crippen LogP contribution < -0.4 is 5.32 Å². The molecule has 0 aliphatic carbocycles. The minimum Gasteiger partial charge on any atom is -0.444 e. The first kappa shape index (κ1) is 22.2. The van der Waals surface area contributed by atoms with Crippen molar-refractivity contribution in [3.05, 3.63) is 24.8 Å². The molecule has 1 saturated heterocycles. The van der Waals surface area contributed by atoms with Crippen molar-refractivity contribution in [2.45, 2.75) is 84.3 Å². The SMILES string of the molecule is C=CC[C@H]1C(C(=O)NCCC/C=C/C)OC(C)(C)N1C(=O)OC(C)(C)C. The molecule has 26 heavy (non-hydrogen) atoms. The van der Waals surface area contributed by atoms with Crippen molar-refractivity contribution in [2.75, 3.05) is 6.54 Å². The van der Waals surface area contributed by atoms with Gasteiger partial charge in [0.15, 0.2) is 6.10 Å². The van der Waals surface area contributed by atoms with Crippen LogP contribution in [0.3, 0.4) is 0 Å². The van der Waals surface area contributed by atoms with Crippen molar-refractivity contribution < 1.29 is 19.1 Å². The second kappa shape index (κ2) is 9.21. The summed E-state index contributed by atoms with van der Waals surface area (Å²) in [6, 6.07) is -0.451. The van der Waals surface area contributed by atoms with Gasteiger partial charge in [0, 0.05) is 6.54 Å². The molecule has 0 saturated carbocycles. The number of carbonyl (C=O) groups excluding carboxylic acids is 2. The fourth-order valence-electron chi connectivity index (χ4n) is 2.97. The van der Waals surface area contributed by atoms with E-state index in [9.17, 15) is 9.59 Å². The van der Waals surface area contributed by atoms with Crippen LogP contribution in [-0.2, 0) is 14.3 Å². The van der Waals surface area contributed by atoms with Crippen LogP contribution in [0.25, 0.3) is 0 Å². The van der Waals surface area contributed by atoms with Gasteiger partial charge in [-0.25, -0.2) is 4.79 Å². The highest BCUT2D eigenvalue weighted by Gasteiger charge is 2.53. The average molecular weight is 367 g/mol. The summed E-state index contributed by atoms with van der Waals surface area (Å²) >= 11 is 0. The summed E-state index contributed by atoms with van der Waals surface area (Å²) in [4.78, 5) is 26.9. The summed E-state index contributed by atoms with van der Waals surface area (Å²) in [5.74, 6) is -0.212. The molecular formula is C20H34N2O4. The van der Waals surface area contributed by atoms with Gasteiger partial charge in [-0.1, -0.05) is 18.2 Å². The summed E-state index contributed by atoms with van der Waals surface area (Å²) in [6.45, 7) is 15.3. The van der Waals surface area contributed by atoms with E-state index < -0.39 is 29.6 Å². The molecule has 1 aliphatic rings. The van der Waals surface area contributed by atoms with Crippen LogP contribution in [-0.4, -0.2) is 46.9 Å². The van der Waals surface area contributed by atoms with Crippen molar-refractivity contribution in [2.24, 2.45) is 0 Å². The smallest absolute Gasteiger partial charge is 0.412 e. The molecule has 1 heterocycles. The summed E-state index contributed by atoms with van der Waals surface area (Å²) in [5, 5.41) is 2.91. The predicted octanol–water partition coefficient (Wildman–Crippen LogP) is 3.78. The van der Waals surface area contributed by atoms with E-state index in [2.05, 4.69) is 18.0 Å². The maximum absolute atomic E-state index is 12.7. The van der Waals surface area contributed by atoms with Crippen molar-refractivity contribution in [3.63, 3.8) is 0 Å². The minimum absolute atomic E-state index is 0.212. The van der Waals surface area contributed by atoms with E-state index >= 15 is 0 Å². The molecule has 148 valence electrons. The van der Waals surface area contributed by atoms with Crippen LogP contribution in [0.4, 0.5) is 4.79 Å². The predicted molar refractivity (Wildman–Crippen MR) is 103 cm³/mol. The van der Waals surface area contributed by atoms with Gasteiger partial charge in [0.05, 0.1) is 6.04 Å². The third-order valence-electron chi connectivity index (χ3n) is 4.02. The Morgan fingerprint density at radius 2 is 2.00 bits per heavy atom. The number of carbonyl (C=O) groups is 2. The molecule has 1 aliphatic heterocycles. The normalized spacial score (nSPS) is 22.5. The third kappa shape index (κ3) is 6.16. The molecule has 6 heteroatoms. The topological polar surface area (TPSA) is 67.9 Å². The first-order valence-corrected chi connectivity index (χ1v) is 9.23. The van der Waals surface area contributed by atoms with Gasteiger partial charge in [0.25, 0.3) is 5.91 Å². The number of allylic oxidation sites excluding steroid dienone is 2. The second-order valence-corrected chi connectivity index (χ2v) is 7.93. The Kier molecular flexibility index (Phi) is 7.87. The van der Waals surface area contributed by atoms with Gasteiger partial charge in [-0.3, -0.25) is 9.69 Å². The number of hydrogen-bond donors (Lipinski definition) is 1. The zero-order valence-corrected chi connectivity index (χ0v) is 17.0. The number of nitrogens with one attached hydrogen (secondary N) is 1. The van der Waals surface area contributed by atoms with Gasteiger partial charge in [-0.05, 0) is 60.8 Å². The lowest BCUT2D eigenvalue weighted by Crippen LogP contribution is -2.51. The lowest BCUT2D eigenvalue weighted by atomic mass is 10.1. The molecule has 1 unspecified atom stereocenters. The number of rotatable bonds is 7. The molecule has 2 amide bonds. The molecule has 0 bridgehead atoms. The number of hydrogen-bond acceptors (Lipinski definition) is 4. The Labute approximate surface area is 157 Å². The van der Waals surface area contributed by atoms with Crippen LogP contribution in [0.15, 0.2) is 24.8 Å². The van der Waals surface area contributed by atoms with E-state index in [0.29, 0.717) is 13.0 Å². The van der Waals surface area contributed by atoms with Gasteiger partial charge < -0.3 is 14.8 Å². The largest absolute Gasteiger partial charge is 0.444 e. The first-order chi connectivity index (χ1) is 12.0. The zero-order chi connectivity index (χ0) is 20.0. The van der Waals surface area contributed by atoms with Gasteiger partial charge in [-0.15, -0.1) is 6.58 Å². The summed E-state index contributed by atoms with van der Waals surface area (Å²) < 4.78 is 11.5. The lowest BCUT2D eigenvalue weighted by molar-refractivity contribution is -0.138. The molecule has 0 spiro atoms. The summed E-state index contributed by atoms with van der Waals surface area (Å²) in [6.07, 6.45) is 6.71. The Morgan fingerprint density at radius 1 is 1.35 bits per heavy atom. The highest BCUT2D eigenvalue weighted by Crippen LogP contribution is 2.35. The van der Waals surface area contributed by atoms with E-state index in [0.717, 1.165) is 12.8 Å². The van der Waals surface area contributed by atoms with Gasteiger partial charge in [0.1, 0.15) is 11.3 Å². The van der Waals surface area contributed by atoms with Gasteiger partial charge >= 0.3 is 6.09 Å². The molecule has 2 atom stereocenters. The molecule has 1 rings (SSSR count). The standard InChI is InChI=1S/C20H34N2O4/c1-8-10-11-12-14-21-17(23)16-15(13-9-2)22(20(6,7)25-16)18(24)26-19(3,4)5/h8-10,15-16H,2,11-14H2,1,3-7H3,(H,21,23)/b10-8+/t15-,16?/m0/s1. The molecule has 6 nitrogen and oxygen atoms in total. The molecule has 0 aromatic carbocycles. The Hall–Kier alpha value is -1.82. The third-order valence-corrected chi connectivity index (χ3v) is 4.02. The van der Waals surface area contributed by atoms with Gasteiger partial charge in [0.2, 0.25) is 0 Å². The van der Waals surface area contributed by atoms with Crippen LogP contribution >= 0.6 is 0 Å². The summed E-state index contributed by atoms with van der Waals surface area (Å²) in [7, 11) is 0. The Morgan fingerprint density at radius 3 is 2.54 bits per heavy atom. The van der Waals surface area contributed by atoms with Crippen LogP contribution in [0.1, 0.15) is 60.8 Å². The molecule has 1 fully saturated rings. The van der Waals surface area contributed by atoms with Crippen LogP contribution in [0.5, 0.6) is 0 Å². The van der Waals surface area contributed by atoms with E-state index in [4.69, 9.17) is 9.47 Å². The van der Waals surface area contributed by atoms with E-state index in [1.165, 1.54) is 4.90 Å². The number of unbranched alkanes of at least 4 members (excludes halogenated alkanes) is 1. The van der Waals surface area contributed by atoms with Crippen molar-refractivity contribution in [1.29, 1.82) is 0 Å². The van der Waals surface area contributed by atoms with Crippen molar-refractivity contribution in [3.8, 4) is 0 Å². The Bertz CT molecular complexity index is 534. The van der Waals surface area contributed by atoms with Crippen molar-refractivity contribution in [1.82, 2.24) is 10.2 Å². The maximum atomic E-state index is 12.7. The summed E-state index contributed by atoms with van der Waals surface area (Å²) in [5.41, 5.74) is -1.57. The highest BCUT2D eigenvalue weighted by molar-refractivity contribution is 5.83. The zero-order valence-electron chi connectivity index (χ0n) is 17.0. The fraction of sp³-hybridized carbons (Fsp3) is 0.700. The Balaban J connectivity index is 2.88. The maximum Gasteiger partial charge on any atom is 0.412 e. The molecule has 0 aromatic rings. The molecular weight excluding hydrogens is 332 g/mol. The van der Waals surface area contributed by atoms with E-state index in [1.807, 2.05) is 33.8 Å². The number of nitrogens with zero attached hydrogens (tertiary/aromatic N) is 1. The molecule has 0 aromatic heterocycles. The quantitative estimate of drug-likeness (QED) is 0.550. The number of amides is 2. The highest BCUT2D eigenvalue weighted by atomic mass is 16.6. The lowest BCUT2D eigenvalue weighted by Gasteiger charge is -2.34. The molecule has 0 radical (unpaired) electrons. The molecule has 1 N–H and O–H groups in total. The van der Waals surface area contributed by atoms with Crippen LogP contribution in [0.2, 0.25) is 0 Å². The average Bonchev–Trinajstić information content (AvgIpc) is 2.76. The van der Waals surface area contributed by atoms with Crippen molar-refractivity contribution >= 4 is 12.0 Å². The fourth-order valence-corrected chi connectivity index (χ4v) is 2.97. The van der Waals surface area contributed by atoms with Gasteiger partial charge in [-0.2, -0.15) is 0 Å². The first-order valence-electron chi connectivity index (χ1n) is 9.23. The minimum atomic E-state index is -0.942. The van der Waals surface area contributed by atoms with Crippen LogP contribution in [0, 0.1) is 0 Å². The number of ether oxygens (including phenoxy) is 2. The monoisotopic (exact) mass is 366 g/mol. The van der Waals surface area contributed by atoms with E-state index in [-0.39, 0.29) is 5.91 Å². The van der Waals surface area contributed by atoms with E-state index in [1.54, 1.807) is 19.9 Å². The second-order valence-electron chi connectivity index (χ2n) is 7.93.